The molecule has 1 aromatic rings. The molecule has 0 heterocycles. The molecule has 0 spiro atoms. The number of Topliss-reactive ketones (excluding diaryl/α,β-unsaturated/α-hetero) is 1. The third kappa shape index (κ3) is 1.78. The fourth-order valence-corrected chi connectivity index (χ4v) is 1.57. The fourth-order valence-electron chi connectivity index (χ4n) is 1.05. The van der Waals surface area contributed by atoms with E-state index in [0.29, 0.717) is 0 Å². The number of phenolic OH excluding ortho intramolecular Hbond substituents is 1. The first-order valence-corrected chi connectivity index (χ1v) is 4.96. The van der Waals surface area contributed by atoms with Gasteiger partial charge in [0.2, 0.25) is 0 Å². The molecule has 1 rings (SSSR count). The summed E-state index contributed by atoms with van der Waals surface area (Å²) in [5.41, 5.74) is 6.16. The van der Waals surface area contributed by atoms with Gasteiger partial charge in [-0.25, -0.2) is 0 Å². The van der Waals surface area contributed by atoms with Gasteiger partial charge in [-0.2, -0.15) is 0 Å². The van der Waals surface area contributed by atoms with Crippen molar-refractivity contribution in [2.45, 2.75) is 11.8 Å². The van der Waals surface area contributed by atoms with E-state index in [1.807, 2.05) is 6.26 Å². The molecule has 4 heteroatoms. The number of rotatable bonds is 2. The summed E-state index contributed by atoms with van der Waals surface area (Å²) in [5, 5.41) is 9.52. The number of carbonyl (C=O) groups is 1. The van der Waals surface area contributed by atoms with Crippen molar-refractivity contribution < 1.29 is 9.90 Å². The lowest BCUT2D eigenvalue weighted by molar-refractivity contribution is 0.101. The van der Waals surface area contributed by atoms with Crippen LogP contribution < -0.4 is 5.73 Å². The summed E-state index contributed by atoms with van der Waals surface area (Å²) in [6, 6.07) is 3.32. The van der Waals surface area contributed by atoms with E-state index >= 15 is 0 Å². The van der Waals surface area contributed by atoms with Crippen LogP contribution in [0.4, 0.5) is 5.69 Å². The molecule has 0 atom stereocenters. The number of phenols is 1. The molecule has 3 nitrogen and oxygen atoms in total. The Morgan fingerprint density at radius 1 is 1.54 bits per heavy atom. The topological polar surface area (TPSA) is 63.3 Å². The molecule has 0 aliphatic carbocycles. The second kappa shape index (κ2) is 3.70. The highest BCUT2D eigenvalue weighted by Crippen LogP contribution is 2.33. The van der Waals surface area contributed by atoms with E-state index in [2.05, 4.69) is 0 Å². The molecule has 0 unspecified atom stereocenters. The van der Waals surface area contributed by atoms with Crippen LogP contribution in [0.15, 0.2) is 17.0 Å². The average Bonchev–Trinajstić information content (AvgIpc) is 2.09. The molecule has 0 radical (unpaired) electrons. The highest BCUT2D eigenvalue weighted by atomic mass is 32.2. The lowest BCUT2D eigenvalue weighted by atomic mass is 10.1. The van der Waals surface area contributed by atoms with E-state index in [1.54, 1.807) is 12.1 Å². The van der Waals surface area contributed by atoms with Gasteiger partial charge in [0.15, 0.2) is 5.78 Å². The van der Waals surface area contributed by atoms with Crippen LogP contribution in [0.1, 0.15) is 17.3 Å². The molecular formula is C9H11NO2S. The summed E-state index contributed by atoms with van der Waals surface area (Å²) < 4.78 is 0. The zero-order chi connectivity index (χ0) is 10.0. The molecule has 0 saturated heterocycles. The van der Waals surface area contributed by atoms with Gasteiger partial charge in [-0.05, 0) is 25.3 Å². The van der Waals surface area contributed by atoms with Crippen LogP contribution in [-0.2, 0) is 0 Å². The van der Waals surface area contributed by atoms with Gasteiger partial charge in [0.05, 0.1) is 11.3 Å². The minimum absolute atomic E-state index is 0.112. The van der Waals surface area contributed by atoms with Crippen LogP contribution in [0.25, 0.3) is 0 Å². The van der Waals surface area contributed by atoms with Crippen LogP contribution in [0.2, 0.25) is 0 Å². The molecule has 70 valence electrons. The standard InChI is InChI=1S/C9H11NO2S/c1-5(11)6-3-4-7(13-2)8(10)9(6)12/h3-4,12H,10H2,1-2H3. The van der Waals surface area contributed by atoms with Crippen LogP contribution in [-0.4, -0.2) is 17.1 Å². The normalized spacial score (nSPS) is 10.0. The highest BCUT2D eigenvalue weighted by molar-refractivity contribution is 7.98. The second-order valence-electron chi connectivity index (χ2n) is 2.63. The first-order chi connectivity index (χ1) is 6.07. The van der Waals surface area contributed by atoms with Gasteiger partial charge in [-0.3, -0.25) is 4.79 Å². The predicted octanol–water partition coefficient (Wildman–Crippen LogP) is 1.90. The predicted molar refractivity (Wildman–Crippen MR) is 54.3 cm³/mol. The molecule has 0 amide bonds. The summed E-state index contributed by atoms with van der Waals surface area (Å²) in [5.74, 6) is -0.295. The van der Waals surface area contributed by atoms with Gasteiger partial charge in [0.25, 0.3) is 0 Å². The number of nitrogens with two attached hydrogens (primary N) is 1. The lowest BCUT2D eigenvalue weighted by Crippen LogP contribution is -1.97. The molecule has 13 heavy (non-hydrogen) atoms. The van der Waals surface area contributed by atoms with Gasteiger partial charge in [0.1, 0.15) is 5.75 Å². The fraction of sp³-hybridized carbons (Fsp3) is 0.222. The molecule has 0 aliphatic rings. The first-order valence-electron chi connectivity index (χ1n) is 3.74. The van der Waals surface area contributed by atoms with Gasteiger partial charge >= 0.3 is 0 Å². The average molecular weight is 197 g/mol. The number of anilines is 1. The zero-order valence-corrected chi connectivity index (χ0v) is 8.31. The molecule has 0 fully saturated rings. The Balaban J connectivity index is 3.31. The molecule has 0 aliphatic heterocycles. The van der Waals surface area contributed by atoms with E-state index in [0.717, 1.165) is 4.90 Å². The molecule has 0 bridgehead atoms. The van der Waals surface area contributed by atoms with Crippen molar-refractivity contribution >= 4 is 23.2 Å². The molecule has 0 aromatic heterocycles. The van der Waals surface area contributed by atoms with Gasteiger partial charge in [-0.1, -0.05) is 0 Å². The largest absolute Gasteiger partial charge is 0.505 e. The van der Waals surface area contributed by atoms with Gasteiger partial charge in [-0.15, -0.1) is 11.8 Å². The van der Waals surface area contributed by atoms with Crippen molar-refractivity contribution in [3.8, 4) is 5.75 Å². The number of nitrogen functional groups attached to an aromatic ring is 1. The molecular weight excluding hydrogens is 186 g/mol. The summed E-state index contributed by atoms with van der Waals surface area (Å²) in [7, 11) is 0. The smallest absolute Gasteiger partial charge is 0.163 e. The maximum atomic E-state index is 11.0. The Kier molecular flexibility index (Phi) is 2.83. The van der Waals surface area contributed by atoms with Crippen molar-refractivity contribution in [1.29, 1.82) is 0 Å². The van der Waals surface area contributed by atoms with Crippen LogP contribution >= 0.6 is 11.8 Å². The molecule has 3 N–H and O–H groups in total. The highest BCUT2D eigenvalue weighted by Gasteiger charge is 2.11. The Morgan fingerprint density at radius 2 is 2.15 bits per heavy atom. The lowest BCUT2D eigenvalue weighted by Gasteiger charge is -2.07. The summed E-state index contributed by atoms with van der Waals surface area (Å²) in [4.78, 5) is 11.8. The van der Waals surface area contributed by atoms with Crippen molar-refractivity contribution in [3.05, 3.63) is 17.7 Å². The van der Waals surface area contributed by atoms with Crippen molar-refractivity contribution in [1.82, 2.24) is 0 Å². The Labute approximate surface area is 80.9 Å². The maximum Gasteiger partial charge on any atom is 0.163 e. The number of ketones is 1. The minimum Gasteiger partial charge on any atom is -0.505 e. The number of thioether (sulfide) groups is 1. The molecule has 1 aromatic carbocycles. The summed E-state index contributed by atoms with van der Waals surface area (Å²) >= 11 is 1.43. The number of benzene rings is 1. The SMILES string of the molecule is CSc1ccc(C(C)=O)c(O)c1N. The third-order valence-electron chi connectivity index (χ3n) is 1.78. The number of aromatic hydroxyl groups is 1. The van der Waals surface area contributed by atoms with E-state index in [1.165, 1.54) is 18.7 Å². The van der Waals surface area contributed by atoms with E-state index < -0.39 is 0 Å². The second-order valence-corrected chi connectivity index (χ2v) is 3.48. The first kappa shape index (κ1) is 9.92. The van der Waals surface area contributed by atoms with Crippen LogP contribution in [0.3, 0.4) is 0 Å². The van der Waals surface area contributed by atoms with Crippen molar-refractivity contribution in [2.75, 3.05) is 12.0 Å². The van der Waals surface area contributed by atoms with Crippen LogP contribution in [0, 0.1) is 0 Å². The number of hydrogen-bond donors (Lipinski definition) is 2. The van der Waals surface area contributed by atoms with Crippen molar-refractivity contribution in [2.24, 2.45) is 0 Å². The van der Waals surface area contributed by atoms with Gasteiger partial charge < -0.3 is 10.8 Å². The Hall–Kier alpha value is -1.16. The van der Waals surface area contributed by atoms with E-state index in [4.69, 9.17) is 5.73 Å². The monoisotopic (exact) mass is 197 g/mol. The number of hydrogen-bond acceptors (Lipinski definition) is 4. The third-order valence-corrected chi connectivity index (χ3v) is 2.57. The maximum absolute atomic E-state index is 11.0. The van der Waals surface area contributed by atoms with E-state index in [-0.39, 0.29) is 22.8 Å². The van der Waals surface area contributed by atoms with E-state index in [9.17, 15) is 9.90 Å². The van der Waals surface area contributed by atoms with Crippen molar-refractivity contribution in [3.63, 3.8) is 0 Å². The quantitative estimate of drug-likeness (QED) is 0.329. The number of carbonyl (C=O) groups excluding carboxylic acids is 1. The van der Waals surface area contributed by atoms with Gasteiger partial charge in [0, 0.05) is 4.90 Å². The summed E-state index contributed by atoms with van der Waals surface area (Å²) in [6.07, 6.45) is 1.86. The Bertz CT molecular complexity index is 350. The molecule has 0 saturated carbocycles. The summed E-state index contributed by atoms with van der Waals surface area (Å²) in [6.45, 7) is 1.40. The van der Waals surface area contributed by atoms with Crippen LogP contribution in [0.5, 0.6) is 5.75 Å². The zero-order valence-electron chi connectivity index (χ0n) is 7.50. The Morgan fingerprint density at radius 3 is 2.62 bits per heavy atom. The minimum atomic E-state index is -0.183.